The van der Waals surface area contributed by atoms with Crippen molar-refractivity contribution in [1.29, 1.82) is 0 Å². The normalized spacial score (nSPS) is 16.5. The van der Waals surface area contributed by atoms with Crippen molar-refractivity contribution in [2.75, 3.05) is 28.4 Å². The van der Waals surface area contributed by atoms with Crippen LogP contribution in [0.1, 0.15) is 49.6 Å². The van der Waals surface area contributed by atoms with E-state index in [1.54, 1.807) is 31.3 Å². The van der Waals surface area contributed by atoms with Crippen molar-refractivity contribution >= 4 is 36.5 Å². The number of methoxy groups -OCH3 is 3. The molecule has 3 heterocycles. The van der Waals surface area contributed by atoms with Gasteiger partial charge in [-0.1, -0.05) is 48.5 Å². The number of ether oxygens (including phenoxy) is 5. The van der Waals surface area contributed by atoms with E-state index in [4.69, 9.17) is 38.7 Å². The van der Waals surface area contributed by atoms with Gasteiger partial charge in [-0.3, -0.25) is 24.5 Å². The van der Waals surface area contributed by atoms with Crippen LogP contribution >= 0.6 is 0 Å². The van der Waals surface area contributed by atoms with E-state index in [1.807, 2.05) is 55.8 Å². The lowest BCUT2D eigenvalue weighted by atomic mass is 9.95. The van der Waals surface area contributed by atoms with E-state index in [1.165, 1.54) is 23.8 Å². The Morgan fingerprint density at radius 1 is 0.672 bits per heavy atom. The molecule has 0 saturated carbocycles. The van der Waals surface area contributed by atoms with Gasteiger partial charge in [0.2, 0.25) is 6.41 Å². The zero-order valence-electron chi connectivity index (χ0n) is 33.4. The Bertz CT molecular complexity index is 2340. The largest absolute Gasteiger partial charge is 0.495 e. The molecule has 2 atom stereocenters. The number of carbonyl (C=O) groups is 2. The van der Waals surface area contributed by atoms with Crippen LogP contribution in [-0.2, 0) is 43.9 Å². The molecule has 0 fully saturated rings. The highest BCUT2D eigenvalue weighted by atomic mass is 16.5. The van der Waals surface area contributed by atoms with Gasteiger partial charge < -0.3 is 28.6 Å². The number of carbonyl (C=O) groups excluding carboxylic acids is 2. The van der Waals surface area contributed by atoms with Gasteiger partial charge in [-0.2, -0.15) is 0 Å². The summed E-state index contributed by atoms with van der Waals surface area (Å²) in [6.45, 7) is 3.47. The number of aryl methyl sites for hydroxylation is 1. The van der Waals surface area contributed by atoms with Crippen LogP contribution < -0.4 is 23.7 Å². The quantitative estimate of drug-likeness (QED) is 0.0788. The minimum atomic E-state index is -0.174. The summed E-state index contributed by atoms with van der Waals surface area (Å²) < 4.78 is 29.5. The lowest BCUT2D eigenvalue weighted by molar-refractivity contribution is -0.119. The number of hydrogen-bond donors (Lipinski definition) is 0. The third-order valence-electron chi connectivity index (χ3n) is 10.6. The average Bonchev–Trinajstić information content (AvgIpc) is 3.25. The molecule has 2 aliphatic heterocycles. The second kappa shape index (κ2) is 18.2. The zero-order valence-corrected chi connectivity index (χ0v) is 33.4. The average molecular weight is 782 g/mol. The lowest BCUT2D eigenvalue weighted by Crippen LogP contribution is -2.40. The molecule has 298 valence electrons. The van der Waals surface area contributed by atoms with Crippen molar-refractivity contribution in [2.24, 2.45) is 9.98 Å². The lowest BCUT2D eigenvalue weighted by Gasteiger charge is -2.31. The summed E-state index contributed by atoms with van der Waals surface area (Å²) in [5.41, 5.74) is 8.58. The molecule has 0 bridgehead atoms. The Balaban J connectivity index is 1.06. The second-order valence-electron chi connectivity index (χ2n) is 14.3. The first-order valence-corrected chi connectivity index (χ1v) is 19.1. The first-order valence-electron chi connectivity index (χ1n) is 19.1. The number of fused-ring (bicyclic) bond motifs is 2. The second-order valence-corrected chi connectivity index (χ2v) is 14.3. The van der Waals surface area contributed by atoms with Crippen LogP contribution in [0.15, 0.2) is 94.9 Å². The molecule has 58 heavy (non-hydrogen) atoms. The van der Waals surface area contributed by atoms with Crippen molar-refractivity contribution < 1.29 is 33.3 Å². The predicted octanol–water partition coefficient (Wildman–Crippen LogP) is 7.43. The molecule has 12 heteroatoms. The van der Waals surface area contributed by atoms with Crippen LogP contribution in [0, 0.1) is 6.92 Å². The molecule has 0 spiro atoms. The van der Waals surface area contributed by atoms with E-state index in [0.29, 0.717) is 70.0 Å². The van der Waals surface area contributed by atoms with Crippen molar-refractivity contribution in [3.63, 3.8) is 0 Å². The van der Waals surface area contributed by atoms with Gasteiger partial charge in [0.15, 0.2) is 29.3 Å². The molecule has 12 nitrogen and oxygen atoms in total. The highest BCUT2D eigenvalue weighted by Crippen LogP contribution is 2.37. The molecule has 2 unspecified atom stereocenters. The number of pyridine rings is 1. The third kappa shape index (κ3) is 8.87. The maximum Gasteiger partial charge on any atom is 0.210 e. The Morgan fingerprint density at radius 2 is 1.26 bits per heavy atom. The van der Waals surface area contributed by atoms with E-state index in [0.717, 1.165) is 36.8 Å². The molecule has 0 N–H and O–H groups in total. The van der Waals surface area contributed by atoms with Gasteiger partial charge in [-0.15, -0.1) is 0 Å². The predicted molar refractivity (Wildman–Crippen MR) is 223 cm³/mol. The van der Waals surface area contributed by atoms with Crippen molar-refractivity contribution in [2.45, 2.75) is 58.2 Å². The number of aliphatic imine (C=N–C) groups is 2. The number of hydrogen-bond acceptors (Lipinski definition) is 11. The van der Waals surface area contributed by atoms with Crippen LogP contribution in [0.25, 0.3) is 0 Å². The summed E-state index contributed by atoms with van der Waals surface area (Å²) >= 11 is 0. The summed E-state index contributed by atoms with van der Waals surface area (Å²) in [6, 6.07) is 27.2. The molecule has 1 aromatic heterocycles. The molecule has 5 aromatic rings. The van der Waals surface area contributed by atoms with E-state index < -0.39 is 0 Å². The monoisotopic (exact) mass is 781 g/mol. The number of rotatable bonds is 15. The standard InChI is InChI=1S/C46H47N5O7/c1-30-16-43(55-4)45(20-39(30)47-23-38-18-32-11-7-9-13-34(32)25-51(38)29-53)57-27-36-14-15-42(54-3)41(49-36)28-58-46-21-40(35(26-52)19-44(46)56-5)48-22-37-17-31-10-6-8-12-33(31)24-50(37)2/h6-16,19-23,26,29,37-38H,17-18,24-25,27-28H2,1-5H3. The van der Waals surface area contributed by atoms with Crippen LogP contribution in [0.3, 0.4) is 0 Å². The Labute approximate surface area is 338 Å². The molecule has 2 aliphatic rings. The van der Waals surface area contributed by atoms with Crippen molar-refractivity contribution in [3.05, 3.63) is 130 Å². The molecule has 0 aliphatic carbocycles. The molecular formula is C46H47N5O7. The van der Waals surface area contributed by atoms with Crippen LogP contribution in [0.4, 0.5) is 11.4 Å². The number of aldehydes is 1. The molecule has 0 radical (unpaired) electrons. The fourth-order valence-electron chi connectivity index (χ4n) is 7.31. The minimum Gasteiger partial charge on any atom is -0.495 e. The fraction of sp³-hybridized carbons (Fsp3) is 0.283. The van der Waals surface area contributed by atoms with Crippen molar-refractivity contribution in [3.8, 4) is 28.7 Å². The molecule has 4 aromatic carbocycles. The number of benzene rings is 4. The smallest absolute Gasteiger partial charge is 0.210 e. The molecule has 0 saturated heterocycles. The SMILES string of the molecule is COc1cc(C)c(N=CC2Cc3ccccc3CN2C=O)cc1OCc1ccc(OC)c(COc2cc(N=CC3Cc4ccccc4CN3C)c(C=O)cc2OC)n1. The summed E-state index contributed by atoms with van der Waals surface area (Å²) in [5, 5.41) is 0. The summed E-state index contributed by atoms with van der Waals surface area (Å²) in [4.78, 5) is 42.5. The third-order valence-corrected chi connectivity index (χ3v) is 10.6. The van der Waals surface area contributed by atoms with Gasteiger partial charge in [-0.05, 0) is 78.9 Å². The number of aromatic nitrogens is 1. The number of likely N-dealkylation sites (N-methyl/N-ethyl adjacent to an activating group) is 1. The number of amides is 1. The van der Waals surface area contributed by atoms with E-state index >= 15 is 0 Å². The van der Waals surface area contributed by atoms with Gasteiger partial charge in [0.1, 0.15) is 24.7 Å². The Kier molecular flexibility index (Phi) is 12.4. The van der Waals surface area contributed by atoms with Crippen molar-refractivity contribution in [1.82, 2.24) is 14.8 Å². The summed E-state index contributed by atoms with van der Waals surface area (Å²) in [7, 11) is 6.76. The zero-order chi connectivity index (χ0) is 40.6. The molecular weight excluding hydrogens is 735 g/mol. The van der Waals surface area contributed by atoms with Crippen LogP contribution in [-0.4, -0.2) is 80.4 Å². The van der Waals surface area contributed by atoms with Gasteiger partial charge >= 0.3 is 0 Å². The van der Waals surface area contributed by atoms with Gasteiger partial charge in [0, 0.05) is 49.3 Å². The molecule has 1 amide bonds. The van der Waals surface area contributed by atoms with Gasteiger partial charge in [0.05, 0.1) is 44.4 Å². The fourth-order valence-corrected chi connectivity index (χ4v) is 7.31. The number of nitrogens with zero attached hydrogens (tertiary/aromatic N) is 5. The van der Waals surface area contributed by atoms with Gasteiger partial charge in [-0.25, -0.2) is 4.98 Å². The van der Waals surface area contributed by atoms with E-state index in [9.17, 15) is 9.59 Å². The van der Waals surface area contributed by atoms with Gasteiger partial charge in [0.25, 0.3) is 0 Å². The topological polar surface area (TPSA) is 124 Å². The van der Waals surface area contributed by atoms with Crippen LogP contribution in [0.2, 0.25) is 0 Å². The highest BCUT2D eigenvalue weighted by Gasteiger charge is 2.24. The molecule has 7 rings (SSSR count). The van der Waals surface area contributed by atoms with E-state index in [2.05, 4.69) is 48.3 Å². The Morgan fingerprint density at radius 3 is 1.93 bits per heavy atom. The van der Waals surface area contributed by atoms with Crippen LogP contribution in [0.5, 0.6) is 28.7 Å². The maximum absolute atomic E-state index is 12.1. The first-order chi connectivity index (χ1) is 28.3. The first kappa shape index (κ1) is 39.7. The van der Waals surface area contributed by atoms with E-state index in [-0.39, 0.29) is 25.3 Å². The summed E-state index contributed by atoms with van der Waals surface area (Å²) in [6.07, 6.45) is 6.87. The Hall–Kier alpha value is -6.53. The maximum atomic E-state index is 12.1. The highest BCUT2D eigenvalue weighted by molar-refractivity contribution is 5.87. The summed E-state index contributed by atoms with van der Waals surface area (Å²) in [5.74, 6) is 2.37. The minimum absolute atomic E-state index is 0.0370.